The van der Waals surface area contributed by atoms with Crippen LogP contribution in [0.1, 0.15) is 35.8 Å². The van der Waals surface area contributed by atoms with E-state index in [0.717, 1.165) is 25.3 Å². The van der Waals surface area contributed by atoms with Gasteiger partial charge in [0.15, 0.2) is 0 Å². The molecule has 1 fully saturated rings. The van der Waals surface area contributed by atoms with Crippen LogP contribution in [0.2, 0.25) is 0 Å². The van der Waals surface area contributed by atoms with E-state index in [1.807, 2.05) is 12.1 Å². The van der Waals surface area contributed by atoms with Crippen LogP contribution in [0.3, 0.4) is 0 Å². The number of hydrogen-bond donors (Lipinski definition) is 1. The fourth-order valence-electron chi connectivity index (χ4n) is 2.87. The second-order valence-electron chi connectivity index (χ2n) is 5.84. The highest BCUT2D eigenvalue weighted by atomic mass is 16.1. The van der Waals surface area contributed by atoms with E-state index < -0.39 is 0 Å². The molecule has 0 radical (unpaired) electrons. The lowest BCUT2D eigenvalue weighted by Gasteiger charge is -2.32. The molecule has 3 heterocycles. The maximum absolute atomic E-state index is 12.6. The average Bonchev–Trinajstić information content (AvgIpc) is 2.55. The van der Waals surface area contributed by atoms with Crippen molar-refractivity contribution in [1.82, 2.24) is 9.97 Å². The standard InChI is InChI=1S/C17H20N4O/c1-12-5-4-10-21(11-12)15-8-2-7-14(20-15)16(22)13-6-3-9-19-17(13)18/h2-3,6-9,12H,4-5,10-11H2,1H3,(H2,18,19)/t12-/m0/s1. The zero-order valence-corrected chi connectivity index (χ0v) is 12.7. The Labute approximate surface area is 130 Å². The van der Waals surface area contributed by atoms with Crippen LogP contribution < -0.4 is 10.6 Å². The predicted octanol–water partition coefficient (Wildman–Crippen LogP) is 2.53. The first-order valence-electron chi connectivity index (χ1n) is 7.62. The van der Waals surface area contributed by atoms with E-state index in [-0.39, 0.29) is 11.6 Å². The highest BCUT2D eigenvalue weighted by Gasteiger charge is 2.19. The second-order valence-corrected chi connectivity index (χ2v) is 5.84. The van der Waals surface area contributed by atoms with E-state index in [2.05, 4.69) is 21.8 Å². The second kappa shape index (κ2) is 6.13. The Morgan fingerprint density at radius 1 is 1.32 bits per heavy atom. The predicted molar refractivity (Wildman–Crippen MR) is 86.9 cm³/mol. The summed E-state index contributed by atoms with van der Waals surface area (Å²) in [5.41, 5.74) is 6.60. The molecule has 3 rings (SSSR count). The number of nitrogens with two attached hydrogens (primary N) is 1. The van der Waals surface area contributed by atoms with Crippen LogP contribution >= 0.6 is 0 Å². The lowest BCUT2D eigenvalue weighted by molar-refractivity contribution is 0.103. The molecular weight excluding hydrogens is 276 g/mol. The molecule has 2 aromatic heterocycles. The summed E-state index contributed by atoms with van der Waals surface area (Å²) < 4.78 is 0. The number of rotatable bonds is 3. The number of nitrogen functional groups attached to an aromatic ring is 1. The van der Waals surface area contributed by atoms with E-state index in [1.54, 1.807) is 24.4 Å². The molecule has 1 atom stereocenters. The molecule has 1 saturated heterocycles. The topological polar surface area (TPSA) is 72.1 Å². The number of ketones is 1. The lowest BCUT2D eigenvalue weighted by Crippen LogP contribution is -2.35. The van der Waals surface area contributed by atoms with E-state index in [1.165, 1.54) is 6.42 Å². The van der Waals surface area contributed by atoms with Gasteiger partial charge >= 0.3 is 0 Å². The Balaban J connectivity index is 1.88. The number of anilines is 2. The van der Waals surface area contributed by atoms with Crippen molar-refractivity contribution in [3.05, 3.63) is 47.8 Å². The van der Waals surface area contributed by atoms with Crippen molar-refractivity contribution in [2.45, 2.75) is 19.8 Å². The molecule has 5 nitrogen and oxygen atoms in total. The smallest absolute Gasteiger partial charge is 0.215 e. The van der Waals surface area contributed by atoms with Crippen molar-refractivity contribution < 1.29 is 4.79 Å². The van der Waals surface area contributed by atoms with Gasteiger partial charge in [0.1, 0.15) is 17.3 Å². The molecule has 1 aliphatic heterocycles. The molecule has 0 amide bonds. The van der Waals surface area contributed by atoms with Crippen molar-refractivity contribution in [2.75, 3.05) is 23.7 Å². The number of nitrogens with zero attached hydrogens (tertiary/aromatic N) is 3. The summed E-state index contributed by atoms with van der Waals surface area (Å²) in [6.07, 6.45) is 3.99. The molecule has 2 aromatic rings. The highest BCUT2D eigenvalue weighted by molar-refractivity contribution is 6.10. The molecule has 1 aliphatic rings. The van der Waals surface area contributed by atoms with Crippen LogP contribution in [0.4, 0.5) is 11.6 Å². The quantitative estimate of drug-likeness (QED) is 0.881. The van der Waals surface area contributed by atoms with Gasteiger partial charge in [0.05, 0.1) is 5.56 Å². The third-order valence-corrected chi connectivity index (χ3v) is 4.03. The van der Waals surface area contributed by atoms with E-state index in [0.29, 0.717) is 17.2 Å². The summed E-state index contributed by atoms with van der Waals surface area (Å²) in [7, 11) is 0. The summed E-state index contributed by atoms with van der Waals surface area (Å²) in [5.74, 6) is 1.58. The fourth-order valence-corrected chi connectivity index (χ4v) is 2.87. The van der Waals surface area contributed by atoms with Crippen LogP contribution in [-0.2, 0) is 0 Å². The van der Waals surface area contributed by atoms with Gasteiger partial charge in [-0.3, -0.25) is 4.79 Å². The Morgan fingerprint density at radius 3 is 2.95 bits per heavy atom. The van der Waals surface area contributed by atoms with Crippen molar-refractivity contribution in [1.29, 1.82) is 0 Å². The first-order valence-corrected chi connectivity index (χ1v) is 7.62. The number of aromatic nitrogens is 2. The van der Waals surface area contributed by atoms with Gasteiger partial charge in [-0.15, -0.1) is 0 Å². The van der Waals surface area contributed by atoms with Crippen molar-refractivity contribution in [3.8, 4) is 0 Å². The van der Waals surface area contributed by atoms with Crippen molar-refractivity contribution >= 4 is 17.4 Å². The third-order valence-electron chi connectivity index (χ3n) is 4.03. The van der Waals surface area contributed by atoms with Gasteiger partial charge in [0.25, 0.3) is 0 Å². The van der Waals surface area contributed by atoms with Gasteiger partial charge in [0.2, 0.25) is 5.78 Å². The van der Waals surface area contributed by atoms with Gasteiger partial charge in [-0.25, -0.2) is 9.97 Å². The summed E-state index contributed by atoms with van der Waals surface area (Å²) in [4.78, 5) is 23.3. The van der Waals surface area contributed by atoms with Crippen LogP contribution in [0, 0.1) is 5.92 Å². The Bertz CT molecular complexity index is 686. The average molecular weight is 296 g/mol. The molecule has 114 valence electrons. The Morgan fingerprint density at radius 2 is 2.18 bits per heavy atom. The third kappa shape index (κ3) is 2.93. The van der Waals surface area contributed by atoms with E-state index in [4.69, 9.17) is 5.73 Å². The summed E-state index contributed by atoms with van der Waals surface area (Å²) >= 11 is 0. The maximum Gasteiger partial charge on any atom is 0.215 e. The van der Waals surface area contributed by atoms with Gasteiger partial charge in [-0.05, 0) is 43.0 Å². The highest BCUT2D eigenvalue weighted by Crippen LogP contribution is 2.22. The van der Waals surface area contributed by atoms with Gasteiger partial charge in [0, 0.05) is 19.3 Å². The monoisotopic (exact) mass is 296 g/mol. The van der Waals surface area contributed by atoms with E-state index >= 15 is 0 Å². The van der Waals surface area contributed by atoms with Crippen LogP contribution in [0.25, 0.3) is 0 Å². The van der Waals surface area contributed by atoms with Crippen molar-refractivity contribution in [3.63, 3.8) is 0 Å². The number of piperidine rings is 1. The van der Waals surface area contributed by atoms with E-state index in [9.17, 15) is 4.79 Å². The molecule has 0 saturated carbocycles. The first kappa shape index (κ1) is 14.5. The minimum atomic E-state index is -0.183. The van der Waals surface area contributed by atoms with Crippen LogP contribution in [-0.4, -0.2) is 28.8 Å². The molecule has 0 aliphatic carbocycles. The SMILES string of the molecule is C[C@H]1CCCN(c2cccc(C(=O)c3cccnc3N)n2)C1. The zero-order valence-electron chi connectivity index (χ0n) is 12.7. The summed E-state index contributed by atoms with van der Waals surface area (Å²) in [6, 6.07) is 8.95. The molecule has 5 heteroatoms. The first-order chi connectivity index (χ1) is 10.6. The molecule has 0 aromatic carbocycles. The number of carbonyl (C=O) groups excluding carboxylic acids is 1. The molecule has 0 bridgehead atoms. The lowest BCUT2D eigenvalue weighted by atomic mass is 10.0. The van der Waals surface area contributed by atoms with Crippen LogP contribution in [0.15, 0.2) is 36.5 Å². The maximum atomic E-state index is 12.6. The molecule has 2 N–H and O–H groups in total. The molecule has 0 spiro atoms. The van der Waals surface area contributed by atoms with Gasteiger partial charge in [-0.2, -0.15) is 0 Å². The molecule has 0 unspecified atom stereocenters. The number of pyridine rings is 2. The molecule has 22 heavy (non-hydrogen) atoms. The minimum Gasteiger partial charge on any atom is -0.383 e. The van der Waals surface area contributed by atoms with Crippen molar-refractivity contribution in [2.24, 2.45) is 5.92 Å². The molecular formula is C17H20N4O. The normalized spacial score (nSPS) is 18.2. The fraction of sp³-hybridized carbons (Fsp3) is 0.353. The van der Waals surface area contributed by atoms with Crippen LogP contribution in [0.5, 0.6) is 0 Å². The Hall–Kier alpha value is -2.43. The number of hydrogen-bond acceptors (Lipinski definition) is 5. The van der Waals surface area contributed by atoms with Gasteiger partial charge < -0.3 is 10.6 Å². The Kier molecular flexibility index (Phi) is 4.04. The number of carbonyl (C=O) groups is 1. The summed E-state index contributed by atoms with van der Waals surface area (Å²) in [6.45, 7) is 4.22. The largest absolute Gasteiger partial charge is 0.383 e. The summed E-state index contributed by atoms with van der Waals surface area (Å²) in [5, 5.41) is 0. The zero-order chi connectivity index (χ0) is 15.5. The van der Waals surface area contributed by atoms with Gasteiger partial charge in [-0.1, -0.05) is 13.0 Å². The minimum absolute atomic E-state index is 0.183.